The number of hydrogen-bond donors (Lipinski definition) is 1. The number of rotatable bonds is 0. The first kappa shape index (κ1) is 8.41. The number of imidazole rings is 1. The summed E-state index contributed by atoms with van der Waals surface area (Å²) in [6, 6.07) is 4.19. The molecule has 1 aromatic carbocycles. The van der Waals surface area contributed by atoms with E-state index in [0.29, 0.717) is 0 Å². The minimum absolute atomic E-state index is 0.944. The Morgan fingerprint density at radius 3 is 2.80 bits per heavy atom. The molecule has 3 nitrogen and oxygen atoms in total. The van der Waals surface area contributed by atoms with Crippen LogP contribution < -0.4 is 0 Å². The molecule has 3 heteroatoms. The molecule has 3 rings (SSSR count). The summed E-state index contributed by atoms with van der Waals surface area (Å²) in [7, 11) is 0. The van der Waals surface area contributed by atoms with Gasteiger partial charge in [-0.3, -0.25) is 4.98 Å². The highest BCUT2D eigenvalue weighted by molar-refractivity contribution is 6.04. The molecule has 2 heterocycles. The zero-order valence-corrected chi connectivity index (χ0v) is 8.70. The second-order valence-electron chi connectivity index (χ2n) is 3.84. The van der Waals surface area contributed by atoms with E-state index < -0.39 is 0 Å². The van der Waals surface area contributed by atoms with E-state index in [1.165, 1.54) is 10.9 Å². The van der Waals surface area contributed by atoms with Crippen molar-refractivity contribution in [1.29, 1.82) is 0 Å². The monoisotopic (exact) mass is 197 g/mol. The predicted octanol–water partition coefficient (Wildman–Crippen LogP) is 2.73. The van der Waals surface area contributed by atoms with Gasteiger partial charge in [0.15, 0.2) is 0 Å². The van der Waals surface area contributed by atoms with E-state index in [9.17, 15) is 0 Å². The van der Waals surface area contributed by atoms with Gasteiger partial charge < -0.3 is 4.98 Å². The lowest BCUT2D eigenvalue weighted by Gasteiger charge is -2.00. The first-order chi connectivity index (χ1) is 7.25. The highest BCUT2D eigenvalue weighted by Crippen LogP contribution is 2.24. The van der Waals surface area contributed by atoms with Crippen LogP contribution in [-0.4, -0.2) is 15.0 Å². The lowest BCUT2D eigenvalue weighted by atomic mass is 10.1. The van der Waals surface area contributed by atoms with Crippen LogP contribution in [-0.2, 0) is 0 Å². The summed E-state index contributed by atoms with van der Waals surface area (Å²) in [6.07, 6.45) is 3.76. The number of hydrogen-bond acceptors (Lipinski definition) is 2. The molecular formula is C12H11N3. The number of aromatic nitrogens is 3. The van der Waals surface area contributed by atoms with E-state index in [-0.39, 0.29) is 0 Å². The molecule has 0 radical (unpaired) electrons. The third-order valence-corrected chi connectivity index (χ3v) is 2.71. The van der Waals surface area contributed by atoms with Crippen molar-refractivity contribution in [3.8, 4) is 0 Å². The summed E-state index contributed by atoms with van der Waals surface area (Å²) < 4.78 is 0. The molecule has 0 saturated carbocycles. The van der Waals surface area contributed by atoms with E-state index in [4.69, 9.17) is 0 Å². The van der Waals surface area contributed by atoms with Crippen molar-refractivity contribution in [2.45, 2.75) is 13.8 Å². The van der Waals surface area contributed by atoms with Crippen molar-refractivity contribution in [1.82, 2.24) is 15.0 Å². The largest absolute Gasteiger partial charge is 0.342 e. The molecule has 0 aliphatic carbocycles. The van der Waals surface area contributed by atoms with E-state index in [1.54, 1.807) is 0 Å². The fraction of sp³-hybridized carbons (Fsp3) is 0.167. The van der Waals surface area contributed by atoms with Gasteiger partial charge in [0.25, 0.3) is 0 Å². The van der Waals surface area contributed by atoms with Crippen LogP contribution in [0.25, 0.3) is 21.8 Å². The molecule has 0 fully saturated rings. The van der Waals surface area contributed by atoms with Gasteiger partial charge in [-0.1, -0.05) is 6.07 Å². The first-order valence-corrected chi connectivity index (χ1v) is 4.95. The standard InChI is InChI=1S/C12H11N3/c1-7-5-13-6-10-9(7)3-4-11-12(10)15-8(2)14-11/h3-6H,1-2H3,(H,14,15). The zero-order valence-electron chi connectivity index (χ0n) is 8.70. The topological polar surface area (TPSA) is 41.6 Å². The molecule has 0 unspecified atom stereocenters. The fourth-order valence-corrected chi connectivity index (χ4v) is 1.99. The smallest absolute Gasteiger partial charge is 0.104 e. The summed E-state index contributed by atoms with van der Waals surface area (Å²) >= 11 is 0. The third kappa shape index (κ3) is 1.13. The molecule has 1 N–H and O–H groups in total. The normalized spacial score (nSPS) is 11.3. The van der Waals surface area contributed by atoms with Crippen LogP contribution in [0.3, 0.4) is 0 Å². The molecule has 0 aliphatic heterocycles. The van der Waals surface area contributed by atoms with Crippen LogP contribution >= 0.6 is 0 Å². The molecule has 0 bridgehead atoms. The Morgan fingerprint density at radius 2 is 1.93 bits per heavy atom. The fourth-order valence-electron chi connectivity index (χ4n) is 1.99. The number of fused-ring (bicyclic) bond motifs is 3. The first-order valence-electron chi connectivity index (χ1n) is 4.95. The van der Waals surface area contributed by atoms with E-state index >= 15 is 0 Å². The molecule has 0 amide bonds. The van der Waals surface area contributed by atoms with Crippen LogP contribution in [0.1, 0.15) is 11.4 Å². The molecule has 0 atom stereocenters. The maximum absolute atomic E-state index is 4.49. The predicted molar refractivity (Wildman–Crippen MR) is 60.9 cm³/mol. The lowest BCUT2D eigenvalue weighted by Crippen LogP contribution is -1.82. The van der Waals surface area contributed by atoms with Gasteiger partial charge in [0.2, 0.25) is 0 Å². The van der Waals surface area contributed by atoms with Crippen LogP contribution in [0.2, 0.25) is 0 Å². The van der Waals surface area contributed by atoms with Gasteiger partial charge in [0, 0.05) is 17.8 Å². The van der Waals surface area contributed by atoms with Crippen molar-refractivity contribution >= 4 is 21.8 Å². The minimum Gasteiger partial charge on any atom is -0.342 e. The number of nitrogens with zero attached hydrogens (tertiary/aromatic N) is 2. The second kappa shape index (κ2) is 2.79. The SMILES string of the molecule is Cc1nc2c(ccc3c(C)cncc32)[nH]1. The third-order valence-electron chi connectivity index (χ3n) is 2.71. The molecule has 0 spiro atoms. The molecule has 0 saturated heterocycles. The summed E-state index contributed by atoms with van der Waals surface area (Å²) in [5.74, 6) is 0.944. The quantitative estimate of drug-likeness (QED) is 0.602. The van der Waals surface area contributed by atoms with Gasteiger partial charge in [-0.15, -0.1) is 0 Å². The number of H-pyrrole nitrogens is 1. The van der Waals surface area contributed by atoms with Gasteiger partial charge in [-0.2, -0.15) is 0 Å². The zero-order chi connectivity index (χ0) is 10.4. The summed E-state index contributed by atoms with van der Waals surface area (Å²) in [5, 5.41) is 2.35. The van der Waals surface area contributed by atoms with Crippen LogP contribution in [0.4, 0.5) is 0 Å². The van der Waals surface area contributed by atoms with E-state index in [2.05, 4.69) is 34.0 Å². The van der Waals surface area contributed by atoms with Crippen molar-refractivity contribution in [2.24, 2.45) is 0 Å². The number of aryl methyl sites for hydroxylation is 2. The minimum atomic E-state index is 0.944. The molecule has 15 heavy (non-hydrogen) atoms. The Morgan fingerprint density at radius 1 is 1.07 bits per heavy atom. The Balaban J connectivity index is 2.59. The summed E-state index contributed by atoms with van der Waals surface area (Å²) in [6.45, 7) is 4.04. The van der Waals surface area contributed by atoms with Gasteiger partial charge in [0.05, 0.1) is 11.0 Å². The van der Waals surface area contributed by atoms with E-state index in [1.807, 2.05) is 19.3 Å². The Bertz CT molecular complexity index is 652. The van der Waals surface area contributed by atoms with Gasteiger partial charge >= 0.3 is 0 Å². The van der Waals surface area contributed by atoms with Crippen LogP contribution in [0, 0.1) is 13.8 Å². The van der Waals surface area contributed by atoms with E-state index in [0.717, 1.165) is 22.2 Å². The highest BCUT2D eigenvalue weighted by Gasteiger charge is 2.05. The number of nitrogens with one attached hydrogen (secondary N) is 1. The average Bonchev–Trinajstić information content (AvgIpc) is 2.59. The number of pyridine rings is 1. The van der Waals surface area contributed by atoms with Crippen molar-refractivity contribution in [2.75, 3.05) is 0 Å². The Labute approximate surface area is 87.2 Å². The Kier molecular flexibility index (Phi) is 1.57. The van der Waals surface area contributed by atoms with Crippen LogP contribution in [0.5, 0.6) is 0 Å². The number of benzene rings is 1. The van der Waals surface area contributed by atoms with Crippen molar-refractivity contribution in [3.63, 3.8) is 0 Å². The number of aromatic amines is 1. The second-order valence-corrected chi connectivity index (χ2v) is 3.84. The molecule has 2 aromatic heterocycles. The van der Waals surface area contributed by atoms with Gasteiger partial charge in [-0.05, 0) is 30.9 Å². The highest BCUT2D eigenvalue weighted by atomic mass is 14.9. The summed E-state index contributed by atoms with van der Waals surface area (Å²) in [4.78, 5) is 11.9. The van der Waals surface area contributed by atoms with Crippen molar-refractivity contribution < 1.29 is 0 Å². The molecular weight excluding hydrogens is 186 g/mol. The van der Waals surface area contributed by atoms with Crippen LogP contribution in [0.15, 0.2) is 24.5 Å². The molecule has 0 aliphatic rings. The van der Waals surface area contributed by atoms with Gasteiger partial charge in [0.1, 0.15) is 5.82 Å². The summed E-state index contributed by atoms with van der Waals surface area (Å²) in [5.41, 5.74) is 3.28. The average molecular weight is 197 g/mol. The van der Waals surface area contributed by atoms with Gasteiger partial charge in [-0.25, -0.2) is 4.98 Å². The lowest BCUT2D eigenvalue weighted by molar-refractivity contribution is 1.17. The Hall–Kier alpha value is -1.90. The maximum atomic E-state index is 4.49. The molecule has 3 aromatic rings. The van der Waals surface area contributed by atoms with Crippen molar-refractivity contribution in [3.05, 3.63) is 35.9 Å². The maximum Gasteiger partial charge on any atom is 0.104 e. The molecule has 74 valence electrons.